The van der Waals surface area contributed by atoms with Gasteiger partial charge in [0, 0.05) is 29.2 Å². The van der Waals surface area contributed by atoms with Crippen LogP contribution in [-0.2, 0) is 11.4 Å². The lowest BCUT2D eigenvalue weighted by atomic mass is 10.2. The molecule has 0 saturated carbocycles. The molecule has 180 valence electrons. The summed E-state index contributed by atoms with van der Waals surface area (Å²) in [7, 11) is 0. The zero-order chi connectivity index (χ0) is 24.5. The topological polar surface area (TPSA) is 103 Å². The quantitative estimate of drug-likeness (QED) is 0.228. The third-order valence-electron chi connectivity index (χ3n) is 4.97. The van der Waals surface area contributed by atoms with E-state index in [0.717, 1.165) is 0 Å². The molecule has 35 heavy (non-hydrogen) atoms. The molecule has 1 N–H and O–H groups in total. The number of hydrogen-bond donors (Lipinski definition) is 1. The average molecular weight is 510 g/mol. The van der Waals surface area contributed by atoms with E-state index >= 15 is 0 Å². The van der Waals surface area contributed by atoms with E-state index in [2.05, 4.69) is 10.5 Å². The van der Waals surface area contributed by atoms with Gasteiger partial charge in [0.1, 0.15) is 18.1 Å². The number of para-hydroxylation sites is 1. The van der Waals surface area contributed by atoms with Crippen LogP contribution < -0.4 is 14.9 Å². The first-order chi connectivity index (χ1) is 17.1. The van der Waals surface area contributed by atoms with Gasteiger partial charge in [-0.1, -0.05) is 36.4 Å². The Morgan fingerprint density at radius 2 is 1.83 bits per heavy atom. The van der Waals surface area contributed by atoms with Crippen LogP contribution in [0.1, 0.15) is 21.3 Å². The molecule has 1 heterocycles. The highest BCUT2D eigenvalue weighted by atomic mass is 32.2. The predicted octanol–water partition coefficient (Wildman–Crippen LogP) is 5.18. The van der Waals surface area contributed by atoms with Crippen LogP contribution in [0.5, 0.6) is 11.5 Å². The van der Waals surface area contributed by atoms with Gasteiger partial charge in [0.2, 0.25) is 0 Å². The van der Waals surface area contributed by atoms with Gasteiger partial charge in [-0.2, -0.15) is 5.10 Å². The summed E-state index contributed by atoms with van der Waals surface area (Å²) in [4.78, 5) is 22.6. The van der Waals surface area contributed by atoms with Crippen LogP contribution in [0.3, 0.4) is 0 Å². The predicted molar refractivity (Wildman–Crippen MR) is 139 cm³/mol. The number of hydrogen-bond acceptors (Lipinski definition) is 8. The minimum absolute atomic E-state index is 0.00800. The Kier molecular flexibility index (Phi) is 8.63. The monoisotopic (exact) mass is 509 g/mol. The fourth-order valence-electron chi connectivity index (χ4n) is 3.27. The SMILES string of the molecule is O=C(COc1ccc(C2SCCS2)cc1)N/N=C\c1ccccc1OCc1cccc([N+](=O)[O-])c1. The van der Waals surface area contributed by atoms with E-state index in [0.29, 0.717) is 27.2 Å². The number of non-ortho nitro benzene ring substituents is 1. The van der Waals surface area contributed by atoms with Crippen molar-refractivity contribution in [3.05, 3.63) is 99.6 Å². The standard InChI is InChI=1S/C25H23N3O5S2/c29-24(17-32-22-10-8-19(9-11-22)25-34-12-13-35-25)27-26-15-20-5-1-2-7-23(20)33-16-18-4-3-6-21(14-18)28(30)31/h1-11,14-15,25H,12-13,16-17H2,(H,27,29)/b26-15-. The van der Waals surface area contributed by atoms with E-state index in [9.17, 15) is 14.9 Å². The maximum absolute atomic E-state index is 12.1. The molecule has 3 aromatic rings. The van der Waals surface area contributed by atoms with Crippen molar-refractivity contribution in [1.29, 1.82) is 0 Å². The first-order valence-electron chi connectivity index (χ1n) is 10.8. The van der Waals surface area contributed by atoms with Gasteiger partial charge < -0.3 is 9.47 Å². The van der Waals surface area contributed by atoms with Crippen molar-refractivity contribution in [2.24, 2.45) is 5.10 Å². The van der Waals surface area contributed by atoms with Crippen molar-refractivity contribution >= 4 is 41.3 Å². The second kappa shape index (κ2) is 12.3. The average Bonchev–Trinajstić information content (AvgIpc) is 3.42. The number of amides is 1. The number of nitro benzene ring substituents is 1. The maximum atomic E-state index is 12.1. The van der Waals surface area contributed by atoms with Crippen LogP contribution in [0.2, 0.25) is 0 Å². The van der Waals surface area contributed by atoms with Gasteiger partial charge in [-0.25, -0.2) is 5.43 Å². The normalized spacial score (nSPS) is 13.6. The number of carbonyl (C=O) groups excluding carboxylic acids is 1. The summed E-state index contributed by atoms with van der Waals surface area (Å²) in [5.74, 6) is 3.11. The molecular formula is C25H23N3O5S2. The van der Waals surface area contributed by atoms with Crippen molar-refractivity contribution in [1.82, 2.24) is 5.43 Å². The number of nitrogens with one attached hydrogen (secondary N) is 1. The summed E-state index contributed by atoms with van der Waals surface area (Å²) in [5, 5.41) is 14.9. The number of nitro groups is 1. The van der Waals surface area contributed by atoms with Crippen molar-refractivity contribution in [3.8, 4) is 11.5 Å². The molecule has 1 aliphatic heterocycles. The molecule has 10 heteroatoms. The van der Waals surface area contributed by atoms with E-state index < -0.39 is 4.92 Å². The van der Waals surface area contributed by atoms with Crippen molar-refractivity contribution in [2.45, 2.75) is 11.2 Å². The number of rotatable bonds is 10. The lowest BCUT2D eigenvalue weighted by Crippen LogP contribution is -2.24. The number of ether oxygens (including phenoxy) is 2. The highest BCUT2D eigenvalue weighted by Crippen LogP contribution is 2.45. The molecule has 0 atom stereocenters. The number of hydrazone groups is 1. The van der Waals surface area contributed by atoms with Crippen LogP contribution in [-0.4, -0.2) is 35.2 Å². The van der Waals surface area contributed by atoms with Gasteiger partial charge in [0.05, 0.1) is 15.7 Å². The number of carbonyl (C=O) groups is 1. The Labute approximate surface area is 211 Å². The summed E-state index contributed by atoms with van der Waals surface area (Å²) in [6.45, 7) is -0.00179. The zero-order valence-electron chi connectivity index (χ0n) is 18.7. The third kappa shape index (κ3) is 7.24. The van der Waals surface area contributed by atoms with E-state index in [1.165, 1.54) is 35.4 Å². The zero-order valence-corrected chi connectivity index (χ0v) is 20.3. The second-order valence-corrected chi connectivity index (χ2v) is 10.2. The Bertz CT molecular complexity index is 1200. The summed E-state index contributed by atoms with van der Waals surface area (Å²) in [6, 6.07) is 21.3. The van der Waals surface area contributed by atoms with Gasteiger partial charge in [-0.3, -0.25) is 14.9 Å². The van der Waals surface area contributed by atoms with Crippen LogP contribution >= 0.6 is 23.5 Å². The Balaban J connectivity index is 1.26. The van der Waals surface area contributed by atoms with Crippen molar-refractivity contribution in [3.63, 3.8) is 0 Å². The Morgan fingerprint density at radius 1 is 1.06 bits per heavy atom. The molecule has 0 radical (unpaired) electrons. The molecule has 1 amide bonds. The fourth-order valence-corrected chi connectivity index (χ4v) is 6.13. The van der Waals surface area contributed by atoms with Gasteiger partial charge in [-0.15, -0.1) is 23.5 Å². The summed E-state index contributed by atoms with van der Waals surface area (Å²) < 4.78 is 11.8. The largest absolute Gasteiger partial charge is 0.488 e. The lowest BCUT2D eigenvalue weighted by Gasteiger charge is -2.10. The van der Waals surface area contributed by atoms with Crippen molar-refractivity contribution < 1.29 is 19.2 Å². The van der Waals surface area contributed by atoms with Gasteiger partial charge >= 0.3 is 0 Å². The molecule has 0 unspecified atom stereocenters. The molecule has 8 nitrogen and oxygen atoms in total. The minimum atomic E-state index is -0.444. The third-order valence-corrected chi connectivity index (χ3v) is 8.08. The van der Waals surface area contributed by atoms with E-state index in [1.54, 1.807) is 24.3 Å². The van der Waals surface area contributed by atoms with E-state index in [1.807, 2.05) is 59.9 Å². The van der Waals surface area contributed by atoms with Crippen LogP contribution in [0.25, 0.3) is 0 Å². The first kappa shape index (κ1) is 24.6. The Hall–Kier alpha value is -3.50. The van der Waals surface area contributed by atoms with E-state index in [4.69, 9.17) is 9.47 Å². The highest BCUT2D eigenvalue weighted by molar-refractivity contribution is 8.19. The van der Waals surface area contributed by atoms with Crippen LogP contribution in [0.4, 0.5) is 5.69 Å². The first-order valence-corrected chi connectivity index (χ1v) is 12.9. The number of thioether (sulfide) groups is 2. The van der Waals surface area contributed by atoms with Gasteiger partial charge in [0.15, 0.2) is 6.61 Å². The summed E-state index contributed by atoms with van der Waals surface area (Å²) in [6.07, 6.45) is 1.48. The summed E-state index contributed by atoms with van der Waals surface area (Å²) >= 11 is 3.88. The molecule has 1 saturated heterocycles. The van der Waals surface area contributed by atoms with Crippen LogP contribution in [0, 0.1) is 10.1 Å². The molecule has 4 rings (SSSR count). The molecule has 3 aromatic carbocycles. The van der Waals surface area contributed by atoms with E-state index in [-0.39, 0.29) is 24.8 Å². The molecule has 0 aliphatic carbocycles. The smallest absolute Gasteiger partial charge is 0.277 e. The molecule has 1 aliphatic rings. The number of nitrogens with zero attached hydrogens (tertiary/aromatic N) is 2. The molecule has 1 fully saturated rings. The number of benzene rings is 3. The second-order valence-electron chi connectivity index (χ2n) is 7.48. The summed E-state index contributed by atoms with van der Waals surface area (Å²) in [5.41, 5.74) is 5.03. The minimum Gasteiger partial charge on any atom is -0.488 e. The Morgan fingerprint density at radius 3 is 2.60 bits per heavy atom. The van der Waals surface area contributed by atoms with Crippen molar-refractivity contribution in [2.75, 3.05) is 18.1 Å². The molecule has 0 spiro atoms. The molecular weight excluding hydrogens is 486 g/mol. The highest BCUT2D eigenvalue weighted by Gasteiger charge is 2.18. The fraction of sp³-hybridized carbons (Fsp3) is 0.200. The van der Waals surface area contributed by atoms with Gasteiger partial charge in [-0.05, 0) is 35.4 Å². The molecule has 0 aromatic heterocycles. The molecule has 0 bridgehead atoms. The lowest BCUT2D eigenvalue weighted by molar-refractivity contribution is -0.384. The van der Waals surface area contributed by atoms with Crippen LogP contribution in [0.15, 0.2) is 77.9 Å². The van der Waals surface area contributed by atoms with Gasteiger partial charge in [0.25, 0.3) is 11.6 Å². The maximum Gasteiger partial charge on any atom is 0.277 e.